The minimum Gasteiger partial charge on any atom is -0.288 e. The van der Waals surface area contributed by atoms with Gasteiger partial charge in [-0.1, -0.05) is 20.8 Å². The molecular formula is C12H19F2N. The van der Waals surface area contributed by atoms with Crippen LogP contribution in [0.1, 0.15) is 40.0 Å². The molecule has 0 aromatic heterocycles. The highest BCUT2D eigenvalue weighted by Crippen LogP contribution is 2.68. The van der Waals surface area contributed by atoms with E-state index >= 15 is 0 Å². The number of piperidine rings is 1. The zero-order chi connectivity index (χ0) is 11.1. The van der Waals surface area contributed by atoms with Crippen LogP contribution in [0.2, 0.25) is 0 Å². The topological polar surface area (TPSA) is 3.24 Å². The maximum atomic E-state index is 13.4. The Morgan fingerprint density at radius 1 is 1.27 bits per heavy atom. The van der Waals surface area contributed by atoms with Crippen molar-refractivity contribution < 1.29 is 8.78 Å². The number of rotatable bonds is 0. The van der Waals surface area contributed by atoms with E-state index in [-0.39, 0.29) is 16.9 Å². The average Bonchev–Trinajstić information content (AvgIpc) is 2.48. The van der Waals surface area contributed by atoms with Gasteiger partial charge in [-0.2, -0.15) is 0 Å². The Kier molecular flexibility index (Phi) is 1.59. The number of hydrogen-bond donors (Lipinski definition) is 0. The normalized spacial score (nSPS) is 47.8. The summed E-state index contributed by atoms with van der Waals surface area (Å²) in [5.74, 6) is -2.71. The van der Waals surface area contributed by atoms with Crippen LogP contribution < -0.4 is 0 Å². The molecule has 1 nitrogen and oxygen atoms in total. The highest BCUT2D eigenvalue weighted by Gasteiger charge is 2.80. The molecule has 1 aliphatic carbocycles. The number of hydrogen-bond acceptors (Lipinski definition) is 1. The van der Waals surface area contributed by atoms with E-state index in [4.69, 9.17) is 0 Å². The first kappa shape index (κ1) is 10.0. The van der Waals surface area contributed by atoms with Crippen LogP contribution in [0.25, 0.3) is 0 Å². The summed E-state index contributed by atoms with van der Waals surface area (Å²) in [5, 5.41) is 0. The van der Waals surface area contributed by atoms with Crippen LogP contribution in [0.15, 0.2) is 0 Å². The number of fused-ring (bicyclic) bond motifs is 3. The van der Waals surface area contributed by atoms with Crippen molar-refractivity contribution in [3.05, 3.63) is 0 Å². The second-order valence-corrected chi connectivity index (χ2v) is 6.51. The summed E-state index contributed by atoms with van der Waals surface area (Å²) >= 11 is 0. The van der Waals surface area contributed by atoms with E-state index in [1.165, 1.54) is 0 Å². The van der Waals surface area contributed by atoms with E-state index < -0.39 is 12.0 Å². The maximum Gasteiger partial charge on any atom is 0.268 e. The van der Waals surface area contributed by atoms with Gasteiger partial charge in [0.15, 0.2) is 0 Å². The van der Waals surface area contributed by atoms with Gasteiger partial charge >= 0.3 is 0 Å². The van der Waals surface area contributed by atoms with Gasteiger partial charge in [0, 0.05) is 11.5 Å². The van der Waals surface area contributed by atoms with Gasteiger partial charge in [0.1, 0.15) is 0 Å². The van der Waals surface area contributed by atoms with Crippen molar-refractivity contribution in [2.75, 3.05) is 6.54 Å². The first-order valence-electron chi connectivity index (χ1n) is 5.95. The van der Waals surface area contributed by atoms with Crippen molar-refractivity contribution in [1.29, 1.82) is 0 Å². The number of alkyl halides is 2. The fraction of sp³-hybridized carbons (Fsp3) is 1.00. The first-order valence-corrected chi connectivity index (χ1v) is 5.95. The minimum absolute atomic E-state index is 0.0734. The lowest BCUT2D eigenvalue weighted by Crippen LogP contribution is -2.53. The molecule has 0 amide bonds. The third kappa shape index (κ3) is 0.961. The third-order valence-electron chi connectivity index (χ3n) is 4.99. The Hall–Kier alpha value is -0.180. The Morgan fingerprint density at radius 2 is 1.93 bits per heavy atom. The van der Waals surface area contributed by atoms with E-state index in [9.17, 15) is 8.78 Å². The quantitative estimate of drug-likeness (QED) is 0.600. The molecule has 0 spiro atoms. The van der Waals surface area contributed by atoms with E-state index in [0.717, 1.165) is 19.4 Å². The number of nitrogens with zero attached hydrogens (tertiary/aromatic N) is 1. The molecule has 86 valence electrons. The predicted octanol–water partition coefficient (Wildman–Crippen LogP) is 2.90. The van der Waals surface area contributed by atoms with Crippen LogP contribution in [-0.4, -0.2) is 28.9 Å². The van der Waals surface area contributed by atoms with Gasteiger partial charge in [-0.25, -0.2) is 8.78 Å². The molecule has 3 atom stereocenters. The molecule has 3 rings (SSSR count). The molecule has 3 fully saturated rings. The maximum absolute atomic E-state index is 13.4. The zero-order valence-electron chi connectivity index (χ0n) is 9.69. The molecule has 15 heavy (non-hydrogen) atoms. The van der Waals surface area contributed by atoms with Crippen molar-refractivity contribution in [1.82, 2.24) is 4.90 Å². The summed E-state index contributed by atoms with van der Waals surface area (Å²) in [6.07, 6.45) is 2.92. The fourth-order valence-corrected chi connectivity index (χ4v) is 4.04. The highest BCUT2D eigenvalue weighted by molar-refractivity contribution is 5.27. The highest BCUT2D eigenvalue weighted by atomic mass is 19.3. The van der Waals surface area contributed by atoms with Crippen LogP contribution in [-0.2, 0) is 0 Å². The van der Waals surface area contributed by atoms with Gasteiger partial charge in [-0.05, 0) is 31.2 Å². The Labute approximate surface area is 89.8 Å². The van der Waals surface area contributed by atoms with Gasteiger partial charge in [-0.15, -0.1) is 0 Å². The lowest BCUT2D eigenvalue weighted by molar-refractivity contribution is -0.0310. The third-order valence-corrected chi connectivity index (χ3v) is 4.99. The monoisotopic (exact) mass is 215 g/mol. The Bertz CT molecular complexity index is 307. The molecule has 3 heteroatoms. The minimum atomic E-state index is -2.38. The zero-order valence-corrected chi connectivity index (χ0v) is 9.69. The van der Waals surface area contributed by atoms with Gasteiger partial charge < -0.3 is 0 Å². The molecule has 0 aromatic carbocycles. The second-order valence-electron chi connectivity index (χ2n) is 6.51. The molecule has 3 aliphatic rings. The van der Waals surface area contributed by atoms with Crippen LogP contribution >= 0.6 is 0 Å². The molecule has 3 unspecified atom stereocenters. The molecule has 0 radical (unpaired) electrons. The molecule has 0 bridgehead atoms. The molecule has 1 saturated carbocycles. The summed E-state index contributed by atoms with van der Waals surface area (Å²) in [6.45, 7) is 7.49. The van der Waals surface area contributed by atoms with Crippen LogP contribution in [0, 0.1) is 11.3 Å². The second kappa shape index (κ2) is 2.39. The van der Waals surface area contributed by atoms with Gasteiger partial charge in [-0.3, -0.25) is 4.90 Å². The van der Waals surface area contributed by atoms with E-state index in [1.807, 2.05) is 0 Å². The van der Waals surface area contributed by atoms with Crippen molar-refractivity contribution in [2.24, 2.45) is 11.3 Å². The van der Waals surface area contributed by atoms with Gasteiger partial charge in [0.05, 0.1) is 6.04 Å². The summed E-state index contributed by atoms with van der Waals surface area (Å²) in [5.41, 5.74) is 0.205. The Balaban J connectivity index is 1.95. The average molecular weight is 215 g/mol. The fourth-order valence-electron chi connectivity index (χ4n) is 4.04. The standard InChI is InChI=1S/C12H19F2N/c1-10(2,3)11-5-4-6-15(11)9-8(7-11)12(9,13)14/h8-9H,4-7H2,1-3H3. The van der Waals surface area contributed by atoms with E-state index in [1.54, 1.807) is 0 Å². The van der Waals surface area contributed by atoms with Crippen molar-refractivity contribution in [3.8, 4) is 0 Å². The van der Waals surface area contributed by atoms with Gasteiger partial charge in [0.2, 0.25) is 0 Å². The summed E-state index contributed by atoms with van der Waals surface area (Å²) in [4.78, 5) is 2.14. The number of halogens is 2. The van der Waals surface area contributed by atoms with Crippen LogP contribution in [0.5, 0.6) is 0 Å². The lowest BCUT2D eigenvalue weighted by Gasteiger charge is -2.46. The molecule has 0 N–H and O–H groups in total. The summed E-state index contributed by atoms with van der Waals surface area (Å²) in [6, 6.07) is -0.417. The predicted molar refractivity (Wildman–Crippen MR) is 55.0 cm³/mol. The van der Waals surface area contributed by atoms with Gasteiger partial charge in [0.25, 0.3) is 5.92 Å². The van der Waals surface area contributed by atoms with E-state index in [2.05, 4.69) is 25.7 Å². The molecule has 2 saturated heterocycles. The lowest BCUT2D eigenvalue weighted by atomic mass is 9.70. The summed E-state index contributed by atoms with van der Waals surface area (Å²) < 4.78 is 26.8. The SMILES string of the molecule is CC(C)(C)C12CCCN1C1C(C2)C1(F)F. The molecule has 0 aromatic rings. The van der Waals surface area contributed by atoms with Crippen molar-refractivity contribution in [3.63, 3.8) is 0 Å². The molecule has 2 heterocycles. The smallest absolute Gasteiger partial charge is 0.268 e. The first-order chi connectivity index (χ1) is 6.81. The molecular weight excluding hydrogens is 196 g/mol. The molecule has 2 aliphatic heterocycles. The van der Waals surface area contributed by atoms with Crippen LogP contribution in [0.3, 0.4) is 0 Å². The Morgan fingerprint density at radius 3 is 2.53 bits per heavy atom. The van der Waals surface area contributed by atoms with Crippen LogP contribution in [0.4, 0.5) is 8.78 Å². The van der Waals surface area contributed by atoms with Crippen molar-refractivity contribution >= 4 is 0 Å². The summed E-state index contributed by atoms with van der Waals surface area (Å²) in [7, 11) is 0. The van der Waals surface area contributed by atoms with E-state index in [0.29, 0.717) is 6.42 Å². The van der Waals surface area contributed by atoms with Crippen molar-refractivity contribution in [2.45, 2.75) is 57.5 Å². The largest absolute Gasteiger partial charge is 0.288 e.